The first-order valence-electron chi connectivity index (χ1n) is 17.4. The number of benzene rings is 8. The lowest BCUT2D eigenvalue weighted by Gasteiger charge is -2.28. The number of hydrogen-bond acceptors (Lipinski definition) is 4. The third-order valence-corrected chi connectivity index (χ3v) is 10.4. The molecule has 51 heavy (non-hydrogen) atoms. The van der Waals surface area contributed by atoms with E-state index in [1.807, 2.05) is 24.3 Å². The van der Waals surface area contributed by atoms with Gasteiger partial charge in [0.1, 0.15) is 28.5 Å². The lowest BCUT2D eigenvalue weighted by molar-refractivity contribution is 0.658. The largest absolute Gasteiger partial charge is 0.455 e. The van der Waals surface area contributed by atoms with Crippen molar-refractivity contribution >= 4 is 71.7 Å². The summed E-state index contributed by atoms with van der Waals surface area (Å²) in [4.78, 5) is 2.40. The fourth-order valence-corrected chi connectivity index (χ4v) is 8.03. The van der Waals surface area contributed by atoms with Crippen molar-refractivity contribution in [2.24, 2.45) is 0 Å². The summed E-state index contributed by atoms with van der Waals surface area (Å²) in [5.74, 6) is 0. The zero-order chi connectivity index (χ0) is 33.5. The molecule has 0 fully saturated rings. The van der Waals surface area contributed by atoms with Gasteiger partial charge in [-0.05, 0) is 87.6 Å². The van der Waals surface area contributed by atoms with Gasteiger partial charge in [-0.2, -0.15) is 0 Å². The maximum Gasteiger partial charge on any atom is 0.147 e. The Morgan fingerprint density at radius 1 is 0.451 bits per heavy atom. The van der Waals surface area contributed by atoms with Crippen LogP contribution in [-0.4, -0.2) is 0 Å². The predicted molar refractivity (Wildman–Crippen MR) is 211 cm³/mol. The number of fused-ring (bicyclic) bond motifs is 8. The van der Waals surface area contributed by atoms with Gasteiger partial charge in [-0.25, -0.2) is 0 Å². The average Bonchev–Trinajstić information content (AvgIpc) is 3.88. The minimum Gasteiger partial charge on any atom is -0.455 e. The minimum atomic E-state index is 0.00306. The maximum absolute atomic E-state index is 6.57. The van der Waals surface area contributed by atoms with Crippen LogP contribution < -0.4 is 10.2 Å². The Morgan fingerprint density at radius 3 is 1.80 bits per heavy atom. The summed E-state index contributed by atoms with van der Waals surface area (Å²) in [6, 6.07) is 60.3. The molecule has 0 amide bonds. The van der Waals surface area contributed by atoms with Crippen LogP contribution in [0.15, 0.2) is 179 Å². The van der Waals surface area contributed by atoms with Crippen LogP contribution >= 0.6 is 0 Å². The van der Waals surface area contributed by atoms with Crippen molar-refractivity contribution in [3.05, 3.63) is 175 Å². The molecule has 11 rings (SSSR count). The first-order valence-corrected chi connectivity index (χ1v) is 17.4. The highest BCUT2D eigenvalue weighted by atomic mass is 16.3. The molecule has 0 bridgehead atoms. The van der Waals surface area contributed by atoms with Gasteiger partial charge in [-0.15, -0.1) is 0 Å². The molecule has 0 spiro atoms. The van der Waals surface area contributed by atoms with E-state index in [4.69, 9.17) is 8.83 Å². The zero-order valence-corrected chi connectivity index (χ0v) is 27.5. The van der Waals surface area contributed by atoms with E-state index < -0.39 is 0 Å². The second kappa shape index (κ2) is 10.9. The number of nitrogens with one attached hydrogen (secondary N) is 1. The summed E-state index contributed by atoms with van der Waals surface area (Å²) in [6.07, 6.45) is 0.00306. The zero-order valence-electron chi connectivity index (χ0n) is 27.5. The van der Waals surface area contributed by atoms with Crippen molar-refractivity contribution in [1.82, 2.24) is 0 Å². The van der Waals surface area contributed by atoms with Crippen molar-refractivity contribution in [3.8, 4) is 22.3 Å². The van der Waals surface area contributed by atoms with E-state index in [2.05, 4.69) is 156 Å². The fraction of sp³-hybridized carbons (Fsp3) is 0.0213. The Morgan fingerprint density at radius 2 is 1.06 bits per heavy atom. The molecule has 0 saturated carbocycles. The normalized spacial score (nSPS) is 14.2. The van der Waals surface area contributed by atoms with E-state index in [1.54, 1.807) is 0 Å². The fourth-order valence-electron chi connectivity index (χ4n) is 8.03. The number of hydrogen-bond donors (Lipinski definition) is 1. The molecule has 4 heteroatoms. The summed E-state index contributed by atoms with van der Waals surface area (Å²) in [5, 5.41) is 10.5. The van der Waals surface area contributed by atoms with Crippen LogP contribution in [0, 0.1) is 0 Å². The average molecular weight is 655 g/mol. The molecule has 240 valence electrons. The Labute approximate surface area is 293 Å². The van der Waals surface area contributed by atoms with Crippen molar-refractivity contribution in [2.75, 3.05) is 10.2 Å². The molecule has 8 aromatic carbocycles. The summed E-state index contributed by atoms with van der Waals surface area (Å²) in [7, 11) is 0. The van der Waals surface area contributed by atoms with Gasteiger partial charge in [-0.3, -0.25) is 0 Å². The van der Waals surface area contributed by atoms with Crippen LogP contribution in [0.2, 0.25) is 0 Å². The molecule has 1 aliphatic heterocycles. The lowest BCUT2D eigenvalue weighted by Crippen LogP contribution is -2.23. The Hall–Kier alpha value is -6.78. The standard InChI is InChI=1S/C47H30N2O2/c1-2-11-29(12-3-1)47-48-40-17-6-7-18-41(40)49(47)35-14-10-13-30(27-35)31-21-22-33-26-34(24-23-32(33)25-31)44-45-38(36-15-4-8-19-42(36)50-45)28-39-37-16-5-9-20-43(37)51-46(39)44/h1-28,47-48H. The lowest BCUT2D eigenvalue weighted by atomic mass is 9.95. The SMILES string of the molecule is c1ccc(C2Nc3ccccc3N2c2cccc(-c3ccc4cc(-c5c6oc7ccccc7c6cc6c5oc5ccccc56)ccc4c3)c2)cc1. The molecule has 3 heterocycles. The molecule has 2 aromatic heterocycles. The smallest absolute Gasteiger partial charge is 0.147 e. The van der Waals surface area contributed by atoms with Crippen LogP contribution in [0.5, 0.6) is 0 Å². The van der Waals surface area contributed by atoms with Crippen LogP contribution in [0.3, 0.4) is 0 Å². The van der Waals surface area contributed by atoms with E-state index in [0.717, 1.165) is 71.8 Å². The molecule has 0 aliphatic carbocycles. The van der Waals surface area contributed by atoms with Crippen molar-refractivity contribution in [2.45, 2.75) is 6.17 Å². The van der Waals surface area contributed by atoms with Crippen molar-refractivity contribution < 1.29 is 8.83 Å². The first-order chi connectivity index (χ1) is 25.3. The van der Waals surface area contributed by atoms with Gasteiger partial charge in [0, 0.05) is 27.2 Å². The summed E-state index contributed by atoms with van der Waals surface area (Å²) in [6.45, 7) is 0. The first kappa shape index (κ1) is 28.1. The van der Waals surface area contributed by atoms with Gasteiger partial charge >= 0.3 is 0 Å². The van der Waals surface area contributed by atoms with E-state index >= 15 is 0 Å². The number of para-hydroxylation sites is 4. The summed E-state index contributed by atoms with van der Waals surface area (Å²) in [5.41, 5.74) is 12.5. The minimum absolute atomic E-state index is 0.00306. The molecular weight excluding hydrogens is 625 g/mol. The van der Waals surface area contributed by atoms with Gasteiger partial charge in [-0.1, -0.05) is 115 Å². The van der Waals surface area contributed by atoms with Gasteiger partial charge in [0.05, 0.1) is 16.9 Å². The number of anilines is 3. The van der Waals surface area contributed by atoms with Gasteiger partial charge in [0.2, 0.25) is 0 Å². The number of rotatable bonds is 4. The highest BCUT2D eigenvalue weighted by Crippen LogP contribution is 2.47. The monoisotopic (exact) mass is 654 g/mol. The topological polar surface area (TPSA) is 41.5 Å². The molecule has 0 saturated heterocycles. The predicted octanol–water partition coefficient (Wildman–Crippen LogP) is 13.2. The molecule has 1 N–H and O–H groups in total. The van der Waals surface area contributed by atoms with Gasteiger partial charge in [0.15, 0.2) is 0 Å². The Balaban J connectivity index is 1.03. The van der Waals surface area contributed by atoms with Gasteiger partial charge in [0.25, 0.3) is 0 Å². The highest BCUT2D eigenvalue weighted by Gasteiger charge is 2.31. The van der Waals surface area contributed by atoms with Crippen LogP contribution in [0.4, 0.5) is 17.1 Å². The molecule has 1 aliphatic rings. The van der Waals surface area contributed by atoms with E-state index in [1.165, 1.54) is 27.8 Å². The van der Waals surface area contributed by atoms with E-state index in [9.17, 15) is 0 Å². The van der Waals surface area contributed by atoms with Crippen LogP contribution in [-0.2, 0) is 0 Å². The molecule has 0 radical (unpaired) electrons. The van der Waals surface area contributed by atoms with E-state index in [0.29, 0.717) is 0 Å². The second-order valence-electron chi connectivity index (χ2n) is 13.4. The van der Waals surface area contributed by atoms with Gasteiger partial charge < -0.3 is 19.1 Å². The second-order valence-corrected chi connectivity index (χ2v) is 13.4. The third-order valence-electron chi connectivity index (χ3n) is 10.4. The quantitative estimate of drug-likeness (QED) is 0.205. The maximum atomic E-state index is 6.57. The molecule has 10 aromatic rings. The number of furan rings is 2. The summed E-state index contributed by atoms with van der Waals surface area (Å²) >= 11 is 0. The van der Waals surface area contributed by atoms with E-state index in [-0.39, 0.29) is 6.17 Å². The Bertz CT molecular complexity index is 2880. The number of nitrogens with zero attached hydrogens (tertiary/aromatic N) is 1. The molecular formula is C47H30N2O2. The third kappa shape index (κ3) is 4.33. The molecule has 1 atom stereocenters. The van der Waals surface area contributed by atoms with Crippen LogP contribution in [0.1, 0.15) is 11.7 Å². The van der Waals surface area contributed by atoms with Crippen molar-refractivity contribution in [3.63, 3.8) is 0 Å². The van der Waals surface area contributed by atoms with Crippen LogP contribution in [0.25, 0.3) is 76.9 Å². The summed E-state index contributed by atoms with van der Waals surface area (Å²) < 4.78 is 13.1. The molecule has 4 nitrogen and oxygen atoms in total. The Kier molecular flexibility index (Phi) is 5.98. The molecule has 1 unspecified atom stereocenters. The highest BCUT2D eigenvalue weighted by molar-refractivity contribution is 6.22. The van der Waals surface area contributed by atoms with Crippen molar-refractivity contribution in [1.29, 1.82) is 0 Å².